The third-order valence-electron chi connectivity index (χ3n) is 2.87. The number of nitrogens with one attached hydrogen (secondary N) is 1. The molecule has 3 nitrogen and oxygen atoms in total. The van der Waals surface area contributed by atoms with Crippen molar-refractivity contribution < 1.29 is 0 Å². The fraction of sp³-hybridized carbons (Fsp3) is 0.357. The van der Waals surface area contributed by atoms with Crippen molar-refractivity contribution >= 4 is 11.3 Å². The third kappa shape index (κ3) is 3.82. The normalized spacial score (nSPS) is 12.5. The molecule has 96 valence electrons. The van der Waals surface area contributed by atoms with Gasteiger partial charge >= 0.3 is 0 Å². The number of nitrogens with zero attached hydrogens (tertiary/aromatic N) is 1. The molecule has 0 spiro atoms. The highest BCUT2D eigenvalue weighted by atomic mass is 32.1. The zero-order valence-electron chi connectivity index (χ0n) is 10.5. The Labute approximate surface area is 111 Å². The molecule has 0 bridgehead atoms. The average Bonchev–Trinajstić information content (AvgIpc) is 2.84. The number of hydrogen-bond donors (Lipinski definition) is 1. The first-order valence-corrected chi connectivity index (χ1v) is 7.10. The van der Waals surface area contributed by atoms with E-state index in [1.165, 1.54) is 5.56 Å². The molecule has 0 aliphatic carbocycles. The van der Waals surface area contributed by atoms with Gasteiger partial charge in [0.05, 0.1) is 0 Å². The van der Waals surface area contributed by atoms with Crippen molar-refractivity contribution in [2.45, 2.75) is 25.9 Å². The lowest BCUT2D eigenvalue weighted by molar-refractivity contribution is 0.508. The van der Waals surface area contributed by atoms with E-state index >= 15 is 0 Å². The first kappa shape index (κ1) is 13.1. The lowest BCUT2D eigenvalue weighted by Crippen LogP contribution is -2.33. The zero-order valence-corrected chi connectivity index (χ0v) is 11.3. The summed E-state index contributed by atoms with van der Waals surface area (Å²) in [6.07, 6.45) is 2.86. The molecule has 1 unspecified atom stereocenters. The second-order valence-corrected chi connectivity index (χ2v) is 5.20. The van der Waals surface area contributed by atoms with Gasteiger partial charge in [0.25, 0.3) is 5.56 Å². The van der Waals surface area contributed by atoms with Crippen LogP contribution in [-0.4, -0.2) is 17.2 Å². The topological polar surface area (TPSA) is 34.0 Å². The van der Waals surface area contributed by atoms with E-state index in [0.29, 0.717) is 12.6 Å². The fourth-order valence-electron chi connectivity index (χ4n) is 1.91. The van der Waals surface area contributed by atoms with Crippen LogP contribution in [0.2, 0.25) is 0 Å². The lowest BCUT2D eigenvalue weighted by Gasteiger charge is -2.13. The summed E-state index contributed by atoms with van der Waals surface area (Å²) in [5, 5.41) is 7.72. The summed E-state index contributed by atoms with van der Waals surface area (Å²) >= 11 is 1.73. The highest BCUT2D eigenvalue weighted by Crippen LogP contribution is 2.08. The molecule has 2 aromatic heterocycles. The summed E-state index contributed by atoms with van der Waals surface area (Å²) in [4.78, 5) is 11.5. The van der Waals surface area contributed by atoms with E-state index in [2.05, 4.69) is 29.1 Å². The van der Waals surface area contributed by atoms with Crippen LogP contribution in [0.15, 0.2) is 46.0 Å². The van der Waals surface area contributed by atoms with E-state index in [4.69, 9.17) is 0 Å². The third-order valence-corrected chi connectivity index (χ3v) is 3.60. The van der Waals surface area contributed by atoms with Crippen molar-refractivity contribution in [2.75, 3.05) is 6.54 Å². The molecule has 0 fully saturated rings. The molecule has 18 heavy (non-hydrogen) atoms. The molecule has 2 rings (SSSR count). The van der Waals surface area contributed by atoms with E-state index in [9.17, 15) is 4.79 Å². The van der Waals surface area contributed by atoms with Crippen LogP contribution in [0.1, 0.15) is 12.5 Å². The van der Waals surface area contributed by atoms with Crippen molar-refractivity contribution in [3.8, 4) is 0 Å². The molecule has 0 radical (unpaired) electrons. The van der Waals surface area contributed by atoms with Crippen LogP contribution in [0.25, 0.3) is 0 Å². The Balaban J connectivity index is 1.75. The Kier molecular flexibility index (Phi) is 4.73. The van der Waals surface area contributed by atoms with Crippen LogP contribution >= 0.6 is 11.3 Å². The maximum absolute atomic E-state index is 11.5. The Morgan fingerprint density at radius 1 is 1.39 bits per heavy atom. The summed E-state index contributed by atoms with van der Waals surface area (Å²) < 4.78 is 1.73. The Hall–Kier alpha value is -1.39. The monoisotopic (exact) mass is 262 g/mol. The van der Waals surface area contributed by atoms with Gasteiger partial charge in [-0.2, -0.15) is 11.3 Å². The van der Waals surface area contributed by atoms with Crippen molar-refractivity contribution in [2.24, 2.45) is 0 Å². The van der Waals surface area contributed by atoms with Crippen LogP contribution in [0.5, 0.6) is 0 Å². The second kappa shape index (κ2) is 6.52. The molecule has 0 aliphatic rings. The summed E-state index contributed by atoms with van der Waals surface area (Å²) in [6, 6.07) is 7.83. The quantitative estimate of drug-likeness (QED) is 0.865. The maximum Gasteiger partial charge on any atom is 0.250 e. The molecule has 4 heteroatoms. The van der Waals surface area contributed by atoms with Crippen LogP contribution in [-0.2, 0) is 13.0 Å². The van der Waals surface area contributed by atoms with Gasteiger partial charge in [-0.25, -0.2) is 0 Å². The first-order valence-electron chi connectivity index (χ1n) is 6.15. The molecule has 0 saturated heterocycles. The van der Waals surface area contributed by atoms with Gasteiger partial charge in [0, 0.05) is 31.4 Å². The number of pyridine rings is 1. The van der Waals surface area contributed by atoms with Gasteiger partial charge in [-0.15, -0.1) is 0 Å². The SMILES string of the molecule is CC(Cc1ccsc1)NCCn1ccccc1=O. The van der Waals surface area contributed by atoms with Gasteiger partial charge in [-0.05, 0) is 41.8 Å². The summed E-state index contributed by atoms with van der Waals surface area (Å²) in [7, 11) is 0. The smallest absolute Gasteiger partial charge is 0.250 e. The van der Waals surface area contributed by atoms with Crippen molar-refractivity contribution in [3.63, 3.8) is 0 Å². The molecule has 0 aliphatic heterocycles. The Morgan fingerprint density at radius 3 is 3.00 bits per heavy atom. The molecule has 0 saturated carbocycles. The van der Waals surface area contributed by atoms with Crippen LogP contribution < -0.4 is 10.9 Å². The maximum atomic E-state index is 11.5. The van der Waals surface area contributed by atoms with Crippen molar-refractivity contribution in [1.29, 1.82) is 0 Å². The lowest BCUT2D eigenvalue weighted by atomic mass is 10.1. The standard InChI is InChI=1S/C14H18N2OS/c1-12(10-13-5-9-18-11-13)15-6-8-16-7-3-2-4-14(16)17/h2-5,7,9,11-12,15H,6,8,10H2,1H3. The number of hydrogen-bond acceptors (Lipinski definition) is 3. The molecular formula is C14H18N2OS. The minimum Gasteiger partial charge on any atom is -0.314 e. The second-order valence-electron chi connectivity index (χ2n) is 4.42. The van der Waals surface area contributed by atoms with Crippen LogP contribution in [0, 0.1) is 0 Å². The largest absolute Gasteiger partial charge is 0.314 e. The average molecular weight is 262 g/mol. The summed E-state index contributed by atoms with van der Waals surface area (Å²) in [6.45, 7) is 3.70. The number of thiophene rings is 1. The van der Waals surface area contributed by atoms with Gasteiger partial charge in [0.2, 0.25) is 0 Å². The van der Waals surface area contributed by atoms with E-state index in [1.807, 2.05) is 12.3 Å². The van der Waals surface area contributed by atoms with E-state index in [-0.39, 0.29) is 5.56 Å². The van der Waals surface area contributed by atoms with Crippen LogP contribution in [0.3, 0.4) is 0 Å². The van der Waals surface area contributed by atoms with E-state index in [0.717, 1.165) is 13.0 Å². The molecule has 2 heterocycles. The molecule has 0 aromatic carbocycles. The van der Waals surface area contributed by atoms with Crippen molar-refractivity contribution in [3.05, 3.63) is 57.1 Å². The zero-order chi connectivity index (χ0) is 12.8. The molecule has 0 amide bonds. The minimum absolute atomic E-state index is 0.0600. The molecule has 1 N–H and O–H groups in total. The van der Waals surface area contributed by atoms with Gasteiger partial charge in [-0.3, -0.25) is 4.79 Å². The predicted molar refractivity (Wildman–Crippen MR) is 76.2 cm³/mol. The minimum atomic E-state index is 0.0600. The Bertz CT molecular complexity index is 519. The summed E-state index contributed by atoms with van der Waals surface area (Å²) in [5.74, 6) is 0. The van der Waals surface area contributed by atoms with Crippen molar-refractivity contribution in [1.82, 2.24) is 9.88 Å². The van der Waals surface area contributed by atoms with Gasteiger partial charge in [0.15, 0.2) is 0 Å². The highest BCUT2D eigenvalue weighted by Gasteiger charge is 2.03. The molecule has 2 aromatic rings. The number of rotatable bonds is 6. The van der Waals surface area contributed by atoms with Gasteiger partial charge < -0.3 is 9.88 Å². The first-order chi connectivity index (χ1) is 8.75. The Morgan fingerprint density at radius 2 is 2.28 bits per heavy atom. The molecule has 1 atom stereocenters. The predicted octanol–water partition coefficient (Wildman–Crippen LogP) is 2.13. The fourth-order valence-corrected chi connectivity index (χ4v) is 2.59. The molecular weight excluding hydrogens is 244 g/mol. The van der Waals surface area contributed by atoms with E-state index < -0.39 is 0 Å². The highest BCUT2D eigenvalue weighted by molar-refractivity contribution is 7.07. The van der Waals surface area contributed by atoms with E-state index in [1.54, 1.807) is 28.0 Å². The van der Waals surface area contributed by atoms with Crippen LogP contribution in [0.4, 0.5) is 0 Å². The summed E-state index contributed by atoms with van der Waals surface area (Å²) in [5.41, 5.74) is 1.43. The number of aromatic nitrogens is 1. The van der Waals surface area contributed by atoms with Gasteiger partial charge in [0.1, 0.15) is 0 Å². The van der Waals surface area contributed by atoms with Gasteiger partial charge in [-0.1, -0.05) is 6.07 Å².